The monoisotopic (exact) mass is 542 g/mol. The second-order valence-electron chi connectivity index (χ2n) is 8.08. The van der Waals surface area contributed by atoms with E-state index in [1.54, 1.807) is 41.0 Å². The third-order valence-electron chi connectivity index (χ3n) is 5.66. The summed E-state index contributed by atoms with van der Waals surface area (Å²) in [5.41, 5.74) is 1.86. The van der Waals surface area contributed by atoms with Crippen molar-refractivity contribution in [2.45, 2.75) is 23.5 Å². The van der Waals surface area contributed by atoms with Crippen molar-refractivity contribution in [2.75, 3.05) is 38.6 Å². The number of nitrogens with zero attached hydrogens (tertiary/aromatic N) is 5. The second-order valence-corrected chi connectivity index (χ2v) is 10.5. The molecule has 3 aromatic rings. The van der Waals surface area contributed by atoms with E-state index in [2.05, 4.69) is 22.0 Å². The molecule has 10 nitrogen and oxygen atoms in total. The van der Waals surface area contributed by atoms with Crippen LogP contribution in [0.25, 0.3) is 0 Å². The number of nitrogens with one attached hydrogen (secondary N) is 1. The van der Waals surface area contributed by atoms with Crippen LogP contribution >= 0.6 is 23.1 Å². The lowest BCUT2D eigenvalue weighted by molar-refractivity contribution is -0.127. The van der Waals surface area contributed by atoms with E-state index in [9.17, 15) is 14.4 Å². The van der Waals surface area contributed by atoms with Gasteiger partial charge >= 0.3 is 0 Å². The summed E-state index contributed by atoms with van der Waals surface area (Å²) < 4.78 is 7.93. The number of hydrogen-bond donors (Lipinski definition) is 1. The predicted molar refractivity (Wildman–Crippen MR) is 145 cm³/mol. The molecule has 0 bridgehead atoms. The van der Waals surface area contributed by atoms with Crippen molar-refractivity contribution in [1.29, 1.82) is 0 Å². The molecular formula is C25H30N6O4S2. The lowest BCUT2D eigenvalue weighted by Gasteiger charge is -2.34. The molecule has 0 aliphatic carbocycles. The maximum Gasteiger partial charge on any atom is 0.260 e. The Morgan fingerprint density at radius 1 is 1.16 bits per heavy atom. The number of aromatic nitrogens is 3. The summed E-state index contributed by atoms with van der Waals surface area (Å²) in [5, 5.41) is 7.27. The maximum atomic E-state index is 13.4. The van der Waals surface area contributed by atoms with E-state index in [4.69, 9.17) is 4.74 Å². The van der Waals surface area contributed by atoms with Gasteiger partial charge in [0, 0.05) is 44.3 Å². The average molecular weight is 543 g/mol. The highest BCUT2D eigenvalue weighted by molar-refractivity contribution is 8.01. The topological polar surface area (TPSA) is 110 Å². The van der Waals surface area contributed by atoms with E-state index in [0.29, 0.717) is 48.2 Å². The molecule has 0 atom stereocenters. The molecule has 3 amide bonds. The molecule has 0 saturated carbocycles. The molecule has 1 N–H and O–H groups in total. The molecule has 1 aliphatic heterocycles. The van der Waals surface area contributed by atoms with Crippen molar-refractivity contribution in [3.63, 3.8) is 0 Å². The Kier molecular flexibility index (Phi) is 9.11. The van der Waals surface area contributed by atoms with E-state index in [0.717, 1.165) is 14.7 Å². The number of ether oxygens (including phenoxy) is 1. The Morgan fingerprint density at radius 2 is 1.86 bits per heavy atom. The Morgan fingerprint density at radius 3 is 2.49 bits per heavy atom. The first-order valence-electron chi connectivity index (χ1n) is 11.1. The fourth-order valence-electron chi connectivity index (χ4n) is 3.72. The van der Waals surface area contributed by atoms with Crippen LogP contribution < -0.4 is 10.1 Å². The third kappa shape index (κ3) is 6.38. The number of aryl methyl sites for hydroxylation is 2. The van der Waals surface area contributed by atoms with E-state index < -0.39 is 0 Å². The zero-order valence-electron chi connectivity index (χ0n) is 20.2. The van der Waals surface area contributed by atoms with Gasteiger partial charge in [-0.15, -0.1) is 0 Å². The fourth-order valence-corrected chi connectivity index (χ4v) is 5.65. The van der Waals surface area contributed by atoms with Gasteiger partial charge in [0.2, 0.25) is 5.91 Å². The molecule has 0 unspecified atom stereocenters. The van der Waals surface area contributed by atoms with Crippen LogP contribution in [0.2, 0.25) is 0 Å². The van der Waals surface area contributed by atoms with Gasteiger partial charge in [-0.1, -0.05) is 37.1 Å². The highest BCUT2D eigenvalue weighted by atomic mass is 32.2. The second kappa shape index (κ2) is 12.1. The van der Waals surface area contributed by atoms with Crippen LogP contribution in [0, 0.1) is 6.92 Å². The van der Waals surface area contributed by atoms with E-state index >= 15 is 0 Å². The average Bonchev–Trinajstić information content (AvgIpc) is 3.52. The third-order valence-corrected chi connectivity index (χ3v) is 7.84. The molecule has 1 fully saturated rings. The molecule has 12 heteroatoms. The molecular weight excluding hydrogens is 512 g/mol. The SMILES string of the molecule is C.C=CC(=O)N1CCN(C(=O)c2cc(Sc3cnc(NC(=O)c4cnn(C)c4)s3)c(C)cc2OC)CC1. The number of methoxy groups -OCH3 is 1. The largest absolute Gasteiger partial charge is 0.496 e. The van der Waals surface area contributed by atoms with Crippen LogP contribution in [0.4, 0.5) is 5.13 Å². The zero-order valence-corrected chi connectivity index (χ0v) is 21.8. The van der Waals surface area contributed by atoms with Gasteiger partial charge in [0.15, 0.2) is 5.13 Å². The number of carbonyl (C=O) groups is 3. The Balaban J connectivity index is 0.00000380. The van der Waals surface area contributed by atoms with E-state index in [1.165, 1.54) is 35.4 Å². The number of thiazole rings is 1. The first-order valence-corrected chi connectivity index (χ1v) is 12.7. The molecule has 1 aliphatic rings. The quantitative estimate of drug-likeness (QED) is 0.453. The number of hydrogen-bond acceptors (Lipinski definition) is 8. The summed E-state index contributed by atoms with van der Waals surface area (Å²) in [6.07, 6.45) is 6.11. The summed E-state index contributed by atoms with van der Waals surface area (Å²) in [6, 6.07) is 3.68. The minimum atomic E-state index is -0.280. The normalized spacial score (nSPS) is 13.1. The van der Waals surface area contributed by atoms with Gasteiger partial charge in [-0.2, -0.15) is 5.10 Å². The minimum absolute atomic E-state index is 0. The Bertz CT molecular complexity index is 1310. The van der Waals surface area contributed by atoms with Crippen molar-refractivity contribution in [2.24, 2.45) is 7.05 Å². The zero-order chi connectivity index (χ0) is 25.8. The molecule has 1 saturated heterocycles. The standard InChI is InChI=1S/C24H26N6O4S2.CH4/c1-5-20(31)29-6-8-30(9-7-29)23(33)17-11-19(15(2)10-18(17)34-4)35-21-13-25-24(36-21)27-22(32)16-12-26-28(3)14-16;/h5,10-14H,1,6-9H2,2-4H3,(H,25,27,32);1H4. The molecule has 196 valence electrons. The number of piperazine rings is 1. The molecule has 4 rings (SSSR count). The minimum Gasteiger partial charge on any atom is -0.496 e. The first-order chi connectivity index (χ1) is 17.3. The van der Waals surface area contributed by atoms with Gasteiger partial charge < -0.3 is 14.5 Å². The lowest BCUT2D eigenvalue weighted by Crippen LogP contribution is -2.50. The fraction of sp³-hybridized carbons (Fsp3) is 0.320. The van der Waals surface area contributed by atoms with Crippen LogP contribution in [0.5, 0.6) is 5.75 Å². The summed E-state index contributed by atoms with van der Waals surface area (Å²) in [5.74, 6) is -0.0556. The maximum absolute atomic E-state index is 13.4. The number of benzene rings is 1. The van der Waals surface area contributed by atoms with Gasteiger partial charge in [0.1, 0.15) is 5.75 Å². The van der Waals surface area contributed by atoms with Gasteiger partial charge in [-0.3, -0.25) is 24.4 Å². The van der Waals surface area contributed by atoms with Gasteiger partial charge in [-0.05, 0) is 30.7 Å². The number of carbonyl (C=O) groups excluding carboxylic acids is 3. The lowest BCUT2D eigenvalue weighted by atomic mass is 10.1. The van der Waals surface area contributed by atoms with Crippen LogP contribution in [0.15, 0.2) is 52.5 Å². The Hall–Kier alpha value is -3.64. The highest BCUT2D eigenvalue weighted by Crippen LogP contribution is 2.38. The molecule has 2 aromatic heterocycles. The van der Waals surface area contributed by atoms with Gasteiger partial charge in [-0.25, -0.2) is 4.98 Å². The van der Waals surface area contributed by atoms with E-state index in [1.807, 2.05) is 19.1 Å². The number of amides is 3. The van der Waals surface area contributed by atoms with Crippen LogP contribution in [-0.2, 0) is 11.8 Å². The first kappa shape index (κ1) is 27.9. The van der Waals surface area contributed by atoms with Crippen LogP contribution in [0.1, 0.15) is 33.7 Å². The molecule has 0 spiro atoms. The summed E-state index contributed by atoms with van der Waals surface area (Å²) in [7, 11) is 3.29. The van der Waals surface area contributed by atoms with Crippen molar-refractivity contribution < 1.29 is 19.1 Å². The van der Waals surface area contributed by atoms with Crippen molar-refractivity contribution in [1.82, 2.24) is 24.6 Å². The summed E-state index contributed by atoms with van der Waals surface area (Å²) in [4.78, 5) is 46.2. The van der Waals surface area contributed by atoms with Crippen molar-refractivity contribution in [3.05, 3.63) is 60.1 Å². The van der Waals surface area contributed by atoms with Gasteiger partial charge in [0.05, 0.1) is 34.8 Å². The number of anilines is 1. The van der Waals surface area contributed by atoms with Crippen molar-refractivity contribution >= 4 is 46.0 Å². The molecule has 3 heterocycles. The molecule has 1 aromatic carbocycles. The summed E-state index contributed by atoms with van der Waals surface area (Å²) in [6.45, 7) is 7.27. The number of rotatable bonds is 7. The van der Waals surface area contributed by atoms with Crippen LogP contribution in [0.3, 0.4) is 0 Å². The van der Waals surface area contributed by atoms with Gasteiger partial charge in [0.25, 0.3) is 11.8 Å². The van der Waals surface area contributed by atoms with Crippen molar-refractivity contribution in [3.8, 4) is 5.75 Å². The highest BCUT2D eigenvalue weighted by Gasteiger charge is 2.26. The molecule has 37 heavy (non-hydrogen) atoms. The summed E-state index contributed by atoms with van der Waals surface area (Å²) >= 11 is 2.81. The van der Waals surface area contributed by atoms with Crippen LogP contribution in [-0.4, -0.2) is 75.6 Å². The Labute approximate surface area is 224 Å². The molecule has 0 radical (unpaired) electrons. The smallest absolute Gasteiger partial charge is 0.260 e. The van der Waals surface area contributed by atoms with E-state index in [-0.39, 0.29) is 25.1 Å². The predicted octanol–water partition coefficient (Wildman–Crippen LogP) is 3.70.